The number of fused-ring (bicyclic) bond motifs is 2. The Hall–Kier alpha value is -4.59. The predicted molar refractivity (Wildman–Crippen MR) is 146 cm³/mol. The molecule has 1 aliphatic rings. The van der Waals surface area contributed by atoms with E-state index in [2.05, 4.69) is 20.5 Å². The first-order chi connectivity index (χ1) is 18.6. The lowest BCUT2D eigenvalue weighted by Crippen LogP contribution is -2.20. The molecule has 38 heavy (non-hydrogen) atoms. The lowest BCUT2D eigenvalue weighted by molar-refractivity contribution is -0.119. The topological polar surface area (TPSA) is 98.4 Å². The number of hydrogen-bond acceptors (Lipinski definition) is 6. The van der Waals surface area contributed by atoms with Crippen molar-refractivity contribution >= 4 is 33.4 Å². The van der Waals surface area contributed by atoms with E-state index in [0.29, 0.717) is 23.0 Å². The van der Waals surface area contributed by atoms with Crippen LogP contribution in [0.15, 0.2) is 72.9 Å². The first-order valence-electron chi connectivity index (χ1n) is 12.7. The molecule has 2 aromatic heterocycles. The molecule has 2 unspecified atom stereocenters. The van der Waals surface area contributed by atoms with E-state index in [4.69, 9.17) is 14.2 Å². The molecular formula is C30H28N4O4. The summed E-state index contributed by atoms with van der Waals surface area (Å²) in [5, 5.41) is 12.7. The van der Waals surface area contributed by atoms with Crippen molar-refractivity contribution in [1.29, 1.82) is 0 Å². The molecule has 6 rings (SSSR count). The number of pyridine rings is 1. The average Bonchev–Trinajstić information content (AvgIpc) is 3.60. The number of amides is 1. The van der Waals surface area contributed by atoms with Gasteiger partial charge in [0.2, 0.25) is 5.91 Å². The number of para-hydroxylation sites is 1. The number of carbonyl (C=O) groups is 1. The Morgan fingerprint density at radius 2 is 1.71 bits per heavy atom. The molecule has 1 fully saturated rings. The summed E-state index contributed by atoms with van der Waals surface area (Å²) in [4.78, 5) is 17.3. The van der Waals surface area contributed by atoms with Gasteiger partial charge in [0.1, 0.15) is 11.5 Å². The maximum absolute atomic E-state index is 12.8. The van der Waals surface area contributed by atoms with Crippen molar-refractivity contribution in [2.75, 3.05) is 19.5 Å². The lowest BCUT2D eigenvalue weighted by Gasteiger charge is -2.13. The molecule has 3 aromatic carbocycles. The molecule has 2 N–H and O–H groups in total. The molecule has 8 nitrogen and oxygen atoms in total. The molecular weight excluding hydrogens is 480 g/mol. The van der Waals surface area contributed by atoms with Gasteiger partial charge in [0.25, 0.3) is 0 Å². The molecule has 192 valence electrons. The molecule has 2 heterocycles. The fraction of sp³-hybridized carbons (Fsp3) is 0.233. The highest BCUT2D eigenvalue weighted by Crippen LogP contribution is 2.42. The number of benzene rings is 3. The van der Waals surface area contributed by atoms with Crippen molar-refractivity contribution in [2.45, 2.75) is 25.2 Å². The van der Waals surface area contributed by atoms with Crippen molar-refractivity contribution in [1.82, 2.24) is 15.2 Å². The number of anilines is 1. The smallest absolute Gasteiger partial charge is 0.227 e. The van der Waals surface area contributed by atoms with Crippen molar-refractivity contribution in [3.63, 3.8) is 0 Å². The van der Waals surface area contributed by atoms with Crippen molar-refractivity contribution < 1.29 is 19.0 Å². The summed E-state index contributed by atoms with van der Waals surface area (Å²) in [6.45, 7) is 0. The van der Waals surface area contributed by atoms with Gasteiger partial charge in [-0.05, 0) is 55.7 Å². The Labute approximate surface area is 219 Å². The van der Waals surface area contributed by atoms with E-state index in [-0.39, 0.29) is 17.7 Å². The molecule has 0 spiro atoms. The zero-order chi connectivity index (χ0) is 26.1. The standard InChI is InChI=1S/C30H28N4O4/c1-36-27-16-23-24(17-28(27)37-2)31-13-12-26(23)38-21-10-11-22-25(15-21)33-34-29(22)18-8-9-19(14-18)30(35)32-20-6-4-3-5-7-20/h3-7,10-13,15-19H,8-9,14H2,1-2H3,(H,32,35)(H,33,34). The summed E-state index contributed by atoms with van der Waals surface area (Å²) < 4.78 is 17.1. The first-order valence-corrected chi connectivity index (χ1v) is 12.7. The minimum absolute atomic E-state index is 0.0169. The lowest BCUT2D eigenvalue weighted by atomic mass is 9.98. The second-order valence-corrected chi connectivity index (χ2v) is 9.51. The minimum Gasteiger partial charge on any atom is -0.493 e. The maximum Gasteiger partial charge on any atom is 0.227 e. The van der Waals surface area contributed by atoms with Gasteiger partial charge >= 0.3 is 0 Å². The Balaban J connectivity index is 1.20. The number of carbonyl (C=O) groups excluding carboxylic acids is 1. The fourth-order valence-corrected chi connectivity index (χ4v) is 5.30. The SMILES string of the molecule is COc1cc2nccc(Oc3ccc4c(C5CCC(C(=O)Nc6ccccc6)C5)[nH]nc4c3)c2cc1OC. The number of methoxy groups -OCH3 is 2. The van der Waals surface area contributed by atoms with Crippen LogP contribution in [-0.4, -0.2) is 35.3 Å². The van der Waals surface area contributed by atoms with E-state index >= 15 is 0 Å². The van der Waals surface area contributed by atoms with Gasteiger partial charge in [0.15, 0.2) is 11.5 Å². The van der Waals surface area contributed by atoms with E-state index in [0.717, 1.165) is 52.4 Å². The molecule has 1 saturated carbocycles. The fourth-order valence-electron chi connectivity index (χ4n) is 5.30. The van der Waals surface area contributed by atoms with Crippen LogP contribution in [0.5, 0.6) is 23.0 Å². The van der Waals surface area contributed by atoms with Gasteiger partial charge in [0.05, 0.1) is 25.3 Å². The number of aromatic nitrogens is 3. The summed E-state index contributed by atoms with van der Waals surface area (Å²) >= 11 is 0. The third kappa shape index (κ3) is 4.49. The van der Waals surface area contributed by atoms with Crippen LogP contribution in [0.25, 0.3) is 21.8 Å². The largest absolute Gasteiger partial charge is 0.493 e. The predicted octanol–water partition coefficient (Wildman–Crippen LogP) is 6.44. The van der Waals surface area contributed by atoms with Gasteiger partial charge in [0, 0.05) is 52.3 Å². The summed E-state index contributed by atoms with van der Waals surface area (Å²) in [6.07, 6.45) is 4.30. The van der Waals surface area contributed by atoms with Crippen LogP contribution in [0.4, 0.5) is 5.69 Å². The molecule has 5 aromatic rings. The third-order valence-electron chi connectivity index (χ3n) is 7.24. The van der Waals surface area contributed by atoms with Crippen molar-refractivity contribution in [3.05, 3.63) is 78.6 Å². The molecule has 1 amide bonds. The maximum atomic E-state index is 12.8. The van der Waals surface area contributed by atoms with Gasteiger partial charge < -0.3 is 19.5 Å². The minimum atomic E-state index is -0.0169. The normalized spacial score (nSPS) is 17.0. The molecule has 0 saturated heterocycles. The highest BCUT2D eigenvalue weighted by Gasteiger charge is 2.32. The molecule has 0 radical (unpaired) electrons. The highest BCUT2D eigenvalue weighted by atomic mass is 16.5. The monoisotopic (exact) mass is 508 g/mol. The quantitative estimate of drug-likeness (QED) is 0.262. The molecule has 0 aliphatic heterocycles. The Kier molecular flexibility index (Phi) is 6.29. The van der Waals surface area contributed by atoms with Gasteiger partial charge in [-0.25, -0.2) is 0 Å². The highest BCUT2D eigenvalue weighted by molar-refractivity contribution is 5.93. The summed E-state index contributed by atoms with van der Waals surface area (Å²) in [5.74, 6) is 2.87. The van der Waals surface area contributed by atoms with Crippen LogP contribution < -0.4 is 19.5 Å². The summed E-state index contributed by atoms with van der Waals surface area (Å²) in [5.41, 5.74) is 3.48. The number of ether oxygens (including phenoxy) is 3. The second-order valence-electron chi connectivity index (χ2n) is 9.51. The van der Waals surface area contributed by atoms with Crippen LogP contribution in [0.2, 0.25) is 0 Å². The third-order valence-corrected chi connectivity index (χ3v) is 7.24. The Bertz CT molecular complexity index is 1620. The van der Waals surface area contributed by atoms with Crippen LogP contribution in [0.3, 0.4) is 0 Å². The van der Waals surface area contributed by atoms with Crippen LogP contribution in [-0.2, 0) is 4.79 Å². The Morgan fingerprint density at radius 1 is 0.895 bits per heavy atom. The average molecular weight is 509 g/mol. The summed E-state index contributed by atoms with van der Waals surface area (Å²) in [7, 11) is 3.20. The first kappa shape index (κ1) is 23.8. The van der Waals surface area contributed by atoms with Gasteiger partial charge in [-0.1, -0.05) is 18.2 Å². The zero-order valence-corrected chi connectivity index (χ0v) is 21.2. The number of nitrogens with one attached hydrogen (secondary N) is 2. The molecule has 2 atom stereocenters. The Morgan fingerprint density at radius 3 is 2.53 bits per heavy atom. The van der Waals surface area contributed by atoms with Crippen molar-refractivity contribution in [2.24, 2.45) is 5.92 Å². The molecule has 0 bridgehead atoms. The molecule has 1 aliphatic carbocycles. The second kappa shape index (κ2) is 10.0. The number of aromatic amines is 1. The summed E-state index contributed by atoms with van der Waals surface area (Å²) in [6, 6.07) is 21.0. The van der Waals surface area contributed by atoms with Gasteiger partial charge in [-0.15, -0.1) is 0 Å². The molecule has 8 heteroatoms. The number of H-pyrrole nitrogens is 1. The van der Waals surface area contributed by atoms with E-state index in [1.807, 2.05) is 66.7 Å². The van der Waals surface area contributed by atoms with E-state index < -0.39 is 0 Å². The van der Waals surface area contributed by atoms with E-state index in [9.17, 15) is 4.79 Å². The van der Waals surface area contributed by atoms with Gasteiger partial charge in [-0.2, -0.15) is 5.10 Å². The van der Waals surface area contributed by atoms with Crippen molar-refractivity contribution in [3.8, 4) is 23.0 Å². The van der Waals surface area contributed by atoms with Crippen LogP contribution >= 0.6 is 0 Å². The number of nitrogens with zero attached hydrogens (tertiary/aromatic N) is 2. The zero-order valence-electron chi connectivity index (χ0n) is 21.2. The number of hydrogen-bond donors (Lipinski definition) is 2. The van der Waals surface area contributed by atoms with Crippen LogP contribution in [0, 0.1) is 5.92 Å². The van der Waals surface area contributed by atoms with Gasteiger partial charge in [-0.3, -0.25) is 14.9 Å². The van der Waals surface area contributed by atoms with E-state index in [1.54, 1.807) is 20.4 Å². The van der Waals surface area contributed by atoms with Crippen LogP contribution in [0.1, 0.15) is 30.9 Å². The van der Waals surface area contributed by atoms with E-state index in [1.165, 1.54) is 0 Å². The number of rotatable bonds is 7.